The number of nitro benzene ring substituents is 1. The van der Waals surface area contributed by atoms with Crippen LogP contribution in [-0.4, -0.2) is 48.9 Å². The average molecular weight is 516 g/mol. The lowest BCUT2D eigenvalue weighted by Crippen LogP contribution is -2.16. The van der Waals surface area contributed by atoms with E-state index in [1.54, 1.807) is 7.11 Å². The summed E-state index contributed by atoms with van der Waals surface area (Å²) in [5, 5.41) is 25.0. The van der Waals surface area contributed by atoms with Gasteiger partial charge in [0.25, 0.3) is 15.7 Å². The summed E-state index contributed by atoms with van der Waals surface area (Å²) in [6.45, 7) is 5.08. The summed E-state index contributed by atoms with van der Waals surface area (Å²) in [6.07, 6.45) is 1.52. The SMILES string of the molecule is COCCn1c(C)cc(/C=N/Nc2ccc(S(=O)(=O)Nc3ccccc3C(=O)O)cc2[N+](=O)[O-])c1C. The summed E-state index contributed by atoms with van der Waals surface area (Å²) < 4.78 is 35.0. The first-order valence-corrected chi connectivity index (χ1v) is 12.1. The Hall–Kier alpha value is -4.23. The molecule has 36 heavy (non-hydrogen) atoms. The molecule has 3 N–H and O–H groups in total. The minimum absolute atomic E-state index is 0.0191. The maximum atomic E-state index is 12.8. The molecule has 0 aliphatic carbocycles. The van der Waals surface area contributed by atoms with Gasteiger partial charge in [-0.25, -0.2) is 13.2 Å². The molecule has 0 unspecified atom stereocenters. The second kappa shape index (κ2) is 11.0. The number of aryl methyl sites for hydroxylation is 1. The van der Waals surface area contributed by atoms with Crippen LogP contribution in [0.3, 0.4) is 0 Å². The first-order chi connectivity index (χ1) is 17.0. The van der Waals surface area contributed by atoms with Crippen molar-refractivity contribution in [3.63, 3.8) is 0 Å². The van der Waals surface area contributed by atoms with Crippen molar-refractivity contribution in [3.05, 3.63) is 81.2 Å². The second-order valence-corrected chi connectivity index (χ2v) is 9.42. The van der Waals surface area contributed by atoms with Gasteiger partial charge in [-0.05, 0) is 44.2 Å². The molecule has 12 nitrogen and oxygen atoms in total. The van der Waals surface area contributed by atoms with Gasteiger partial charge in [0.1, 0.15) is 5.69 Å². The number of carboxylic acid groups (broad SMARTS) is 1. The highest BCUT2D eigenvalue weighted by Gasteiger charge is 2.23. The lowest BCUT2D eigenvalue weighted by Gasteiger charge is -2.11. The molecule has 0 fully saturated rings. The van der Waals surface area contributed by atoms with Gasteiger partial charge in [-0.2, -0.15) is 5.10 Å². The molecular weight excluding hydrogens is 490 g/mol. The third-order valence-corrected chi connectivity index (χ3v) is 6.76. The number of carboxylic acids is 1. The van der Waals surface area contributed by atoms with Crippen molar-refractivity contribution in [2.45, 2.75) is 25.3 Å². The van der Waals surface area contributed by atoms with E-state index in [1.165, 1.54) is 36.5 Å². The van der Waals surface area contributed by atoms with Crippen LogP contribution < -0.4 is 10.1 Å². The van der Waals surface area contributed by atoms with E-state index >= 15 is 0 Å². The van der Waals surface area contributed by atoms with E-state index in [-0.39, 0.29) is 16.9 Å². The van der Waals surface area contributed by atoms with Crippen molar-refractivity contribution < 1.29 is 28.0 Å². The lowest BCUT2D eigenvalue weighted by atomic mass is 10.2. The highest BCUT2D eigenvalue weighted by atomic mass is 32.2. The molecule has 1 heterocycles. The van der Waals surface area contributed by atoms with E-state index in [9.17, 15) is 28.4 Å². The number of ether oxygens (including phenoxy) is 1. The smallest absolute Gasteiger partial charge is 0.337 e. The number of hydrogen-bond donors (Lipinski definition) is 3. The van der Waals surface area contributed by atoms with Crippen LogP contribution in [0.5, 0.6) is 0 Å². The number of nitrogens with zero attached hydrogens (tertiary/aromatic N) is 3. The number of para-hydroxylation sites is 1. The summed E-state index contributed by atoms with van der Waals surface area (Å²) in [5.74, 6) is -1.32. The minimum Gasteiger partial charge on any atom is -0.478 e. The van der Waals surface area contributed by atoms with Crippen molar-refractivity contribution in [3.8, 4) is 0 Å². The Morgan fingerprint density at radius 2 is 1.92 bits per heavy atom. The Labute approximate surface area is 207 Å². The molecule has 190 valence electrons. The highest BCUT2D eigenvalue weighted by molar-refractivity contribution is 7.92. The Kier molecular flexibility index (Phi) is 8.07. The molecule has 0 saturated carbocycles. The number of nitro groups is 1. The van der Waals surface area contributed by atoms with Crippen LogP contribution >= 0.6 is 0 Å². The molecule has 1 aromatic heterocycles. The number of hydrazone groups is 1. The van der Waals surface area contributed by atoms with E-state index in [4.69, 9.17) is 4.74 Å². The Morgan fingerprint density at radius 1 is 1.19 bits per heavy atom. The van der Waals surface area contributed by atoms with Gasteiger partial charge in [0.15, 0.2) is 0 Å². The maximum absolute atomic E-state index is 12.8. The molecule has 0 spiro atoms. The van der Waals surface area contributed by atoms with Gasteiger partial charge in [0.2, 0.25) is 0 Å². The van der Waals surface area contributed by atoms with E-state index in [1.807, 2.05) is 19.9 Å². The number of anilines is 2. The highest BCUT2D eigenvalue weighted by Crippen LogP contribution is 2.29. The molecule has 0 bridgehead atoms. The largest absolute Gasteiger partial charge is 0.478 e. The number of nitrogens with one attached hydrogen (secondary N) is 2. The van der Waals surface area contributed by atoms with Gasteiger partial charge < -0.3 is 14.4 Å². The Bertz CT molecular complexity index is 1430. The molecule has 0 amide bonds. The fourth-order valence-electron chi connectivity index (χ4n) is 3.54. The summed E-state index contributed by atoms with van der Waals surface area (Å²) in [6, 6.07) is 10.6. The monoisotopic (exact) mass is 515 g/mol. The Balaban J connectivity index is 1.85. The fraction of sp³-hybridized carbons (Fsp3) is 0.217. The zero-order chi connectivity index (χ0) is 26.5. The molecule has 2 aromatic carbocycles. The van der Waals surface area contributed by atoms with Crippen LogP contribution in [0.25, 0.3) is 0 Å². The second-order valence-electron chi connectivity index (χ2n) is 7.73. The molecule has 0 radical (unpaired) electrons. The van der Waals surface area contributed by atoms with E-state index in [0.717, 1.165) is 29.1 Å². The van der Waals surface area contributed by atoms with E-state index in [0.29, 0.717) is 13.2 Å². The zero-order valence-electron chi connectivity index (χ0n) is 19.8. The summed E-state index contributed by atoms with van der Waals surface area (Å²) in [5.41, 5.74) is 4.38. The average Bonchev–Trinajstić information content (AvgIpc) is 3.09. The normalized spacial score (nSPS) is 11.5. The van der Waals surface area contributed by atoms with Crippen molar-refractivity contribution in [2.24, 2.45) is 5.10 Å². The topological polar surface area (TPSA) is 165 Å². The van der Waals surface area contributed by atoms with Crippen LogP contribution in [0.4, 0.5) is 17.1 Å². The fourth-order valence-corrected chi connectivity index (χ4v) is 4.64. The number of hydrogen-bond acceptors (Lipinski definition) is 8. The van der Waals surface area contributed by atoms with Gasteiger partial charge in [-0.1, -0.05) is 12.1 Å². The molecule has 3 rings (SSSR count). The number of methoxy groups -OCH3 is 1. The van der Waals surface area contributed by atoms with Crippen molar-refractivity contribution in [1.29, 1.82) is 0 Å². The van der Waals surface area contributed by atoms with Crippen LogP contribution in [0, 0.1) is 24.0 Å². The maximum Gasteiger partial charge on any atom is 0.337 e. The standard InChI is InChI=1S/C23H25N5O7S/c1-15-12-17(16(2)27(15)10-11-35-3)14-24-25-21-9-8-18(13-22(21)28(31)32)36(33,34)26-20-7-5-4-6-19(20)23(29)30/h4-9,12-14,25-26H,10-11H2,1-3H3,(H,29,30)/b24-14+. The summed E-state index contributed by atoms with van der Waals surface area (Å²) in [4.78, 5) is 21.9. The first-order valence-electron chi connectivity index (χ1n) is 10.6. The molecule has 13 heteroatoms. The molecular formula is C23H25N5O7S. The molecule has 0 aliphatic rings. The first kappa shape index (κ1) is 26.4. The van der Waals surface area contributed by atoms with Crippen LogP contribution in [0.1, 0.15) is 27.3 Å². The number of benzene rings is 2. The van der Waals surface area contributed by atoms with Crippen molar-refractivity contribution in [2.75, 3.05) is 23.9 Å². The number of carbonyl (C=O) groups is 1. The van der Waals surface area contributed by atoms with Gasteiger partial charge >= 0.3 is 5.97 Å². The van der Waals surface area contributed by atoms with Crippen LogP contribution in [0.2, 0.25) is 0 Å². The quantitative estimate of drug-likeness (QED) is 0.198. The van der Waals surface area contributed by atoms with E-state index < -0.39 is 31.5 Å². The summed E-state index contributed by atoms with van der Waals surface area (Å²) in [7, 11) is -2.70. The van der Waals surface area contributed by atoms with Crippen molar-refractivity contribution in [1.82, 2.24) is 4.57 Å². The third kappa shape index (κ3) is 5.87. The van der Waals surface area contributed by atoms with Crippen LogP contribution in [0.15, 0.2) is 58.5 Å². The van der Waals surface area contributed by atoms with Crippen LogP contribution in [-0.2, 0) is 21.3 Å². The minimum atomic E-state index is -4.32. The molecule has 0 saturated heterocycles. The number of aromatic carboxylic acids is 1. The third-order valence-electron chi connectivity index (χ3n) is 5.40. The lowest BCUT2D eigenvalue weighted by molar-refractivity contribution is -0.384. The van der Waals surface area contributed by atoms with Gasteiger partial charge in [0, 0.05) is 36.7 Å². The number of aromatic nitrogens is 1. The van der Waals surface area contributed by atoms with E-state index in [2.05, 4.69) is 19.8 Å². The predicted octanol–water partition coefficient (Wildman–Crippen LogP) is 3.60. The van der Waals surface area contributed by atoms with Gasteiger partial charge in [0.05, 0.1) is 33.9 Å². The number of rotatable bonds is 11. The Morgan fingerprint density at radius 3 is 2.58 bits per heavy atom. The van der Waals surface area contributed by atoms with Gasteiger partial charge in [-0.3, -0.25) is 20.3 Å². The summed E-state index contributed by atoms with van der Waals surface area (Å²) >= 11 is 0. The predicted molar refractivity (Wildman–Crippen MR) is 134 cm³/mol. The number of sulfonamides is 1. The molecule has 3 aromatic rings. The van der Waals surface area contributed by atoms with Crippen molar-refractivity contribution >= 4 is 39.3 Å². The zero-order valence-corrected chi connectivity index (χ0v) is 20.6. The molecule has 0 atom stereocenters. The van der Waals surface area contributed by atoms with Gasteiger partial charge in [-0.15, -0.1) is 0 Å². The molecule has 0 aliphatic heterocycles.